The number of amides is 2. The molecule has 12 nitrogen and oxygen atoms in total. The van der Waals surface area contributed by atoms with Crippen molar-refractivity contribution in [2.24, 2.45) is 14.1 Å². The molecule has 0 unspecified atom stereocenters. The van der Waals surface area contributed by atoms with Crippen molar-refractivity contribution < 1.29 is 19.1 Å². The van der Waals surface area contributed by atoms with Crippen molar-refractivity contribution in [3.05, 3.63) is 66.7 Å². The zero-order valence-corrected chi connectivity index (χ0v) is 22.0. The zero-order valence-electron chi connectivity index (χ0n) is 20.4. The molecule has 0 bridgehead atoms. The van der Waals surface area contributed by atoms with E-state index in [9.17, 15) is 19.2 Å². The molecule has 36 heavy (non-hydrogen) atoms. The van der Waals surface area contributed by atoms with E-state index in [4.69, 9.17) is 9.47 Å². The minimum absolute atomic E-state index is 0.0742. The standard InChI is InChI=1S/C23H25BrN6O6/c1-6-36-20(32)15-14(27(2)22(33)25-16(15)12-7-9-13(35-5)10-8-12)11-30-17-18(26-21(30)24)28(3)23(34)29(4)19(17)31/h7-10,16H,6,11H2,1-5H3,(H,25,33)/t16-/m1/s1. The topological polar surface area (TPSA) is 130 Å². The van der Waals surface area contributed by atoms with Crippen molar-refractivity contribution in [2.45, 2.75) is 19.5 Å². The maximum atomic E-state index is 13.2. The molecule has 2 amide bonds. The Balaban J connectivity index is 1.96. The number of allylic oxidation sites excluding steroid dienone is 1. The molecular formula is C23H25BrN6O6. The van der Waals surface area contributed by atoms with Gasteiger partial charge in [-0.1, -0.05) is 12.1 Å². The van der Waals surface area contributed by atoms with Crippen molar-refractivity contribution in [3.63, 3.8) is 0 Å². The molecule has 1 N–H and O–H groups in total. The summed E-state index contributed by atoms with van der Waals surface area (Å²) in [7, 11) is 5.95. The van der Waals surface area contributed by atoms with Crippen LogP contribution in [-0.2, 0) is 30.2 Å². The molecule has 1 aliphatic heterocycles. The number of esters is 1. The number of benzene rings is 1. The van der Waals surface area contributed by atoms with Crippen LogP contribution in [0.2, 0.25) is 0 Å². The van der Waals surface area contributed by atoms with Crippen LogP contribution >= 0.6 is 15.9 Å². The van der Waals surface area contributed by atoms with Crippen LogP contribution in [0.5, 0.6) is 5.75 Å². The van der Waals surface area contributed by atoms with E-state index in [1.807, 2.05) is 0 Å². The highest BCUT2D eigenvalue weighted by Crippen LogP contribution is 2.33. The number of methoxy groups -OCH3 is 1. The smallest absolute Gasteiger partial charge is 0.338 e. The molecule has 1 atom stereocenters. The molecular weight excluding hydrogens is 536 g/mol. The molecule has 13 heteroatoms. The Morgan fingerprint density at radius 1 is 1.11 bits per heavy atom. The van der Waals surface area contributed by atoms with Crippen LogP contribution in [0.3, 0.4) is 0 Å². The fourth-order valence-corrected chi connectivity index (χ4v) is 4.63. The second-order valence-electron chi connectivity index (χ2n) is 8.14. The first-order valence-electron chi connectivity index (χ1n) is 11.0. The number of carbonyl (C=O) groups excluding carboxylic acids is 2. The summed E-state index contributed by atoms with van der Waals surface area (Å²) < 4.78 is 14.6. The third kappa shape index (κ3) is 4.08. The van der Waals surface area contributed by atoms with Gasteiger partial charge >= 0.3 is 17.7 Å². The Labute approximate surface area is 213 Å². The summed E-state index contributed by atoms with van der Waals surface area (Å²) in [6, 6.07) is 5.70. The van der Waals surface area contributed by atoms with Gasteiger partial charge in [0.1, 0.15) is 5.75 Å². The Morgan fingerprint density at radius 2 is 1.78 bits per heavy atom. The highest BCUT2D eigenvalue weighted by atomic mass is 79.9. The van der Waals surface area contributed by atoms with E-state index in [0.29, 0.717) is 17.0 Å². The van der Waals surface area contributed by atoms with E-state index in [0.717, 1.165) is 4.57 Å². The number of ether oxygens (including phenoxy) is 2. The summed E-state index contributed by atoms with van der Waals surface area (Å²) >= 11 is 3.37. The van der Waals surface area contributed by atoms with Crippen LogP contribution in [0.1, 0.15) is 18.5 Å². The fourth-order valence-electron chi connectivity index (χ4n) is 4.16. The highest BCUT2D eigenvalue weighted by molar-refractivity contribution is 9.10. The highest BCUT2D eigenvalue weighted by Gasteiger charge is 2.37. The van der Waals surface area contributed by atoms with Crippen molar-refractivity contribution >= 4 is 39.1 Å². The predicted molar refractivity (Wildman–Crippen MR) is 134 cm³/mol. The summed E-state index contributed by atoms with van der Waals surface area (Å²) in [5.74, 6) is 0.0104. The number of fused-ring (bicyclic) bond motifs is 1. The molecule has 0 saturated heterocycles. The lowest BCUT2D eigenvalue weighted by Crippen LogP contribution is -2.47. The molecule has 0 saturated carbocycles. The van der Waals surface area contributed by atoms with Gasteiger partial charge in [0.25, 0.3) is 5.56 Å². The van der Waals surface area contributed by atoms with E-state index in [1.54, 1.807) is 38.3 Å². The number of carbonyl (C=O) groups is 2. The normalized spacial score (nSPS) is 15.9. The summed E-state index contributed by atoms with van der Waals surface area (Å²) in [6.07, 6.45) is 0. The Kier molecular flexibility index (Phi) is 6.76. The van der Waals surface area contributed by atoms with Crippen LogP contribution in [-0.4, -0.2) is 56.3 Å². The lowest BCUT2D eigenvalue weighted by Gasteiger charge is -2.35. The number of aryl methyl sites for hydroxylation is 1. The van der Waals surface area contributed by atoms with Gasteiger partial charge in [0.2, 0.25) is 0 Å². The average molecular weight is 561 g/mol. The number of nitrogens with one attached hydrogen (secondary N) is 1. The van der Waals surface area contributed by atoms with Crippen LogP contribution in [0.25, 0.3) is 11.2 Å². The minimum Gasteiger partial charge on any atom is -0.497 e. The second kappa shape index (κ2) is 9.64. The number of urea groups is 1. The summed E-state index contributed by atoms with van der Waals surface area (Å²) in [5.41, 5.74) is 0.397. The van der Waals surface area contributed by atoms with Gasteiger partial charge in [-0.15, -0.1) is 0 Å². The van der Waals surface area contributed by atoms with Gasteiger partial charge < -0.3 is 19.4 Å². The number of nitrogens with zero attached hydrogens (tertiary/aromatic N) is 5. The fraction of sp³-hybridized carbons (Fsp3) is 0.348. The molecule has 2 aromatic heterocycles. The monoisotopic (exact) mass is 560 g/mol. The van der Waals surface area contributed by atoms with Gasteiger partial charge in [-0.25, -0.2) is 19.4 Å². The molecule has 0 aliphatic carbocycles. The lowest BCUT2D eigenvalue weighted by molar-refractivity contribution is -0.139. The van der Waals surface area contributed by atoms with Crippen LogP contribution in [0, 0.1) is 0 Å². The van der Waals surface area contributed by atoms with Crippen LogP contribution in [0.15, 0.2) is 49.9 Å². The van der Waals surface area contributed by atoms with Crippen LogP contribution < -0.4 is 21.3 Å². The SMILES string of the molecule is CCOC(=O)C1=C(Cn2c(Br)nc3c2c(=O)n(C)c(=O)n3C)N(C)C(=O)N[C@@H]1c1ccc(OC)cc1. The minimum atomic E-state index is -0.811. The average Bonchev–Trinajstić information content (AvgIpc) is 3.20. The van der Waals surface area contributed by atoms with E-state index in [1.165, 1.54) is 35.2 Å². The molecule has 1 aromatic carbocycles. The number of likely N-dealkylation sites (N-methyl/N-ethyl adjacent to an activating group) is 1. The summed E-state index contributed by atoms with van der Waals surface area (Å²) in [5, 5.41) is 2.85. The number of imidazole rings is 1. The van der Waals surface area contributed by atoms with Crippen molar-refractivity contribution in [1.29, 1.82) is 0 Å². The Morgan fingerprint density at radius 3 is 2.39 bits per heavy atom. The lowest BCUT2D eigenvalue weighted by atomic mass is 9.94. The van der Waals surface area contributed by atoms with Gasteiger partial charge in [-0.05, 0) is 40.5 Å². The summed E-state index contributed by atoms with van der Waals surface area (Å²) in [4.78, 5) is 57.3. The Hall–Kier alpha value is -3.87. The molecule has 0 spiro atoms. The maximum absolute atomic E-state index is 13.2. The number of aromatic nitrogens is 4. The zero-order chi connectivity index (χ0) is 26.3. The number of hydrogen-bond acceptors (Lipinski definition) is 7. The first kappa shape index (κ1) is 25.2. The van der Waals surface area contributed by atoms with E-state index < -0.39 is 29.3 Å². The number of hydrogen-bond donors (Lipinski definition) is 1. The number of rotatable bonds is 6. The van der Waals surface area contributed by atoms with E-state index in [-0.39, 0.29) is 34.6 Å². The molecule has 0 fully saturated rings. The Bertz CT molecular complexity index is 1520. The second-order valence-corrected chi connectivity index (χ2v) is 8.85. The van der Waals surface area contributed by atoms with Crippen LogP contribution in [0.4, 0.5) is 4.79 Å². The first-order valence-corrected chi connectivity index (χ1v) is 11.8. The molecule has 3 aromatic rings. The van der Waals surface area contributed by atoms with Crippen molar-refractivity contribution in [2.75, 3.05) is 20.8 Å². The number of halogens is 1. The first-order chi connectivity index (χ1) is 17.1. The van der Waals surface area contributed by atoms with Crippen molar-refractivity contribution in [1.82, 2.24) is 28.9 Å². The quantitative estimate of drug-likeness (QED) is 0.356. The molecule has 0 radical (unpaired) electrons. The molecule has 3 heterocycles. The van der Waals surface area contributed by atoms with E-state index >= 15 is 0 Å². The largest absolute Gasteiger partial charge is 0.497 e. The van der Waals surface area contributed by atoms with E-state index in [2.05, 4.69) is 26.2 Å². The van der Waals surface area contributed by atoms with Gasteiger partial charge in [0.15, 0.2) is 15.9 Å². The third-order valence-corrected chi connectivity index (χ3v) is 6.74. The van der Waals surface area contributed by atoms with Gasteiger partial charge in [-0.3, -0.25) is 18.8 Å². The molecule has 190 valence electrons. The maximum Gasteiger partial charge on any atom is 0.338 e. The molecule has 4 rings (SSSR count). The molecule has 1 aliphatic rings. The van der Waals surface area contributed by atoms with Gasteiger partial charge in [0.05, 0.1) is 37.6 Å². The van der Waals surface area contributed by atoms with Gasteiger partial charge in [-0.2, -0.15) is 0 Å². The van der Waals surface area contributed by atoms with Gasteiger partial charge in [0, 0.05) is 21.1 Å². The van der Waals surface area contributed by atoms with Crippen molar-refractivity contribution in [3.8, 4) is 5.75 Å². The third-order valence-electron chi connectivity index (χ3n) is 6.13. The predicted octanol–water partition coefficient (Wildman–Crippen LogP) is 1.42. The summed E-state index contributed by atoms with van der Waals surface area (Å²) in [6.45, 7) is 1.74.